The molecule has 0 bridgehead atoms. The number of ether oxygens (including phenoxy) is 1. The number of nitrogens with zero attached hydrogens (tertiary/aromatic N) is 2. The largest absolute Gasteiger partial charge is 0.497 e. The lowest BCUT2D eigenvalue weighted by atomic mass is 9.92. The number of aromatic amines is 2. The van der Waals surface area contributed by atoms with Crippen molar-refractivity contribution in [2.75, 3.05) is 7.11 Å². The van der Waals surface area contributed by atoms with Gasteiger partial charge in [0.25, 0.3) is 11.5 Å². The molecule has 8 heteroatoms. The number of hydrogen-bond acceptors (Lipinski definition) is 5. The second-order valence-electron chi connectivity index (χ2n) is 6.51. The molecule has 1 aromatic carbocycles. The molecule has 27 heavy (non-hydrogen) atoms. The molecule has 1 amide bonds. The molecule has 1 atom stereocenters. The van der Waals surface area contributed by atoms with Crippen LogP contribution in [0.15, 0.2) is 41.3 Å². The molecule has 1 aliphatic carbocycles. The van der Waals surface area contributed by atoms with Gasteiger partial charge in [-0.1, -0.05) is 12.1 Å². The fourth-order valence-electron chi connectivity index (χ4n) is 3.38. The van der Waals surface area contributed by atoms with Crippen LogP contribution in [0.4, 0.5) is 0 Å². The first-order valence-electron chi connectivity index (χ1n) is 8.70. The van der Waals surface area contributed by atoms with Gasteiger partial charge in [-0.25, -0.2) is 5.10 Å². The van der Waals surface area contributed by atoms with E-state index < -0.39 is 0 Å². The second-order valence-corrected chi connectivity index (χ2v) is 6.51. The summed E-state index contributed by atoms with van der Waals surface area (Å²) in [5.41, 5.74) is 3.48. The van der Waals surface area contributed by atoms with E-state index in [2.05, 4.69) is 25.7 Å². The van der Waals surface area contributed by atoms with Crippen molar-refractivity contribution in [2.45, 2.75) is 25.3 Å². The molecule has 1 unspecified atom stereocenters. The third kappa shape index (κ3) is 3.46. The van der Waals surface area contributed by atoms with Gasteiger partial charge in [0.2, 0.25) is 0 Å². The molecule has 0 fully saturated rings. The van der Waals surface area contributed by atoms with Gasteiger partial charge in [-0.15, -0.1) is 0 Å². The van der Waals surface area contributed by atoms with Crippen molar-refractivity contribution in [3.63, 3.8) is 0 Å². The fraction of sp³-hybridized carbons (Fsp3) is 0.263. The number of carbonyl (C=O) groups excluding carboxylic acids is 1. The number of nitrogens with one attached hydrogen (secondary N) is 3. The van der Waals surface area contributed by atoms with Crippen LogP contribution < -0.4 is 15.6 Å². The van der Waals surface area contributed by atoms with Crippen molar-refractivity contribution in [1.82, 2.24) is 25.7 Å². The minimum atomic E-state index is -0.226. The van der Waals surface area contributed by atoms with Gasteiger partial charge >= 0.3 is 0 Å². The van der Waals surface area contributed by atoms with E-state index in [1.165, 1.54) is 6.20 Å². The van der Waals surface area contributed by atoms with Crippen LogP contribution >= 0.6 is 0 Å². The zero-order chi connectivity index (χ0) is 18.8. The molecule has 4 rings (SSSR count). The smallest absolute Gasteiger partial charge is 0.264 e. The van der Waals surface area contributed by atoms with E-state index in [4.69, 9.17) is 4.74 Å². The van der Waals surface area contributed by atoms with Gasteiger partial charge in [0.1, 0.15) is 5.75 Å². The van der Waals surface area contributed by atoms with Crippen molar-refractivity contribution in [3.8, 4) is 17.0 Å². The van der Waals surface area contributed by atoms with Crippen LogP contribution in [-0.2, 0) is 12.8 Å². The molecule has 8 nitrogen and oxygen atoms in total. The zero-order valence-electron chi connectivity index (χ0n) is 14.8. The third-order valence-electron chi connectivity index (χ3n) is 4.75. The van der Waals surface area contributed by atoms with Crippen molar-refractivity contribution in [2.24, 2.45) is 0 Å². The standard InChI is InChI=1S/C19H19N5O3/c1-27-14-4-2-3-11(8-14)18-15(10-20-24-18)19(26)21-13-5-6-16-12(7-13)9-17(25)23-22-16/h2-4,8-10,13H,5-7H2,1H3,(H,20,24)(H,21,26)(H,23,25). The highest BCUT2D eigenvalue weighted by Crippen LogP contribution is 2.25. The van der Waals surface area contributed by atoms with Crippen LogP contribution in [0.3, 0.4) is 0 Å². The van der Waals surface area contributed by atoms with Gasteiger partial charge < -0.3 is 10.1 Å². The maximum Gasteiger partial charge on any atom is 0.264 e. The van der Waals surface area contributed by atoms with Crippen molar-refractivity contribution in [1.29, 1.82) is 0 Å². The van der Waals surface area contributed by atoms with Crippen LogP contribution in [0.1, 0.15) is 28.0 Å². The molecule has 0 radical (unpaired) electrons. The first-order chi connectivity index (χ1) is 13.1. The monoisotopic (exact) mass is 365 g/mol. The summed E-state index contributed by atoms with van der Waals surface area (Å²) in [4.78, 5) is 24.3. The topological polar surface area (TPSA) is 113 Å². The number of methoxy groups -OCH3 is 1. The van der Waals surface area contributed by atoms with Crippen LogP contribution in [0.5, 0.6) is 5.75 Å². The minimum absolute atomic E-state index is 0.0540. The third-order valence-corrected chi connectivity index (χ3v) is 4.75. The van der Waals surface area contributed by atoms with Crippen LogP contribution in [0.25, 0.3) is 11.3 Å². The summed E-state index contributed by atoms with van der Waals surface area (Å²) in [6.45, 7) is 0. The highest BCUT2D eigenvalue weighted by atomic mass is 16.5. The van der Waals surface area contributed by atoms with E-state index in [0.29, 0.717) is 29.8 Å². The van der Waals surface area contributed by atoms with Crippen LogP contribution in [0, 0.1) is 0 Å². The second kappa shape index (κ2) is 7.06. The molecule has 0 aliphatic heterocycles. The Labute approximate surface area is 155 Å². The number of aryl methyl sites for hydroxylation is 1. The average molecular weight is 365 g/mol. The summed E-state index contributed by atoms with van der Waals surface area (Å²) in [5, 5.41) is 16.5. The summed E-state index contributed by atoms with van der Waals surface area (Å²) < 4.78 is 5.25. The van der Waals surface area contributed by atoms with Gasteiger partial charge in [-0.3, -0.25) is 14.7 Å². The normalized spacial score (nSPS) is 15.8. The maximum absolute atomic E-state index is 12.8. The Morgan fingerprint density at radius 3 is 3.04 bits per heavy atom. The van der Waals surface area contributed by atoms with E-state index in [1.807, 2.05) is 24.3 Å². The van der Waals surface area contributed by atoms with E-state index >= 15 is 0 Å². The lowest BCUT2D eigenvalue weighted by Crippen LogP contribution is -2.39. The van der Waals surface area contributed by atoms with Crippen LogP contribution in [-0.4, -0.2) is 39.5 Å². The Morgan fingerprint density at radius 1 is 1.30 bits per heavy atom. The van der Waals surface area contributed by atoms with Gasteiger partial charge in [0.15, 0.2) is 0 Å². The van der Waals surface area contributed by atoms with Gasteiger partial charge in [-0.2, -0.15) is 10.2 Å². The Kier molecular flexibility index (Phi) is 4.45. The summed E-state index contributed by atoms with van der Waals surface area (Å²) in [6.07, 6.45) is 3.59. The zero-order valence-corrected chi connectivity index (χ0v) is 14.8. The number of amides is 1. The van der Waals surface area contributed by atoms with E-state index in [9.17, 15) is 9.59 Å². The molecule has 1 aliphatic rings. The molecule has 0 saturated carbocycles. The number of aromatic nitrogens is 4. The van der Waals surface area contributed by atoms with Crippen molar-refractivity contribution < 1.29 is 9.53 Å². The predicted octanol–water partition coefficient (Wildman–Crippen LogP) is 1.46. The molecular formula is C19H19N5O3. The number of benzene rings is 1. The van der Waals surface area contributed by atoms with Crippen molar-refractivity contribution in [3.05, 3.63) is 63.7 Å². The van der Waals surface area contributed by atoms with Crippen molar-refractivity contribution >= 4 is 5.91 Å². The molecule has 0 spiro atoms. The highest BCUT2D eigenvalue weighted by molar-refractivity contribution is 6.00. The first kappa shape index (κ1) is 17.0. The van der Waals surface area contributed by atoms with Gasteiger partial charge in [0.05, 0.1) is 30.3 Å². The highest BCUT2D eigenvalue weighted by Gasteiger charge is 2.24. The Bertz CT molecular complexity index is 1040. The van der Waals surface area contributed by atoms with Gasteiger partial charge in [0, 0.05) is 17.7 Å². The van der Waals surface area contributed by atoms with E-state index in [1.54, 1.807) is 13.2 Å². The fourth-order valence-corrected chi connectivity index (χ4v) is 3.38. The molecule has 3 N–H and O–H groups in total. The molecule has 2 aromatic heterocycles. The predicted molar refractivity (Wildman–Crippen MR) is 98.7 cm³/mol. The SMILES string of the molecule is COc1cccc(-c2[nH]ncc2C(=O)NC2CCc3n[nH]c(=O)cc3C2)c1. The number of fused-ring (bicyclic) bond motifs is 1. The van der Waals surface area contributed by atoms with Gasteiger partial charge in [-0.05, 0) is 37.0 Å². The van der Waals surface area contributed by atoms with E-state index in [0.717, 1.165) is 23.2 Å². The summed E-state index contributed by atoms with van der Waals surface area (Å²) in [5.74, 6) is 0.503. The summed E-state index contributed by atoms with van der Waals surface area (Å²) in [6, 6.07) is 8.94. The van der Waals surface area contributed by atoms with Crippen LogP contribution in [0.2, 0.25) is 0 Å². The number of H-pyrrole nitrogens is 2. The quantitative estimate of drug-likeness (QED) is 0.648. The lowest BCUT2D eigenvalue weighted by Gasteiger charge is -2.24. The number of hydrogen-bond donors (Lipinski definition) is 3. The molecule has 2 heterocycles. The Hall–Kier alpha value is -3.42. The first-order valence-corrected chi connectivity index (χ1v) is 8.70. The number of carbonyl (C=O) groups is 1. The average Bonchev–Trinajstić information content (AvgIpc) is 3.18. The Morgan fingerprint density at radius 2 is 2.19 bits per heavy atom. The van der Waals surface area contributed by atoms with E-state index in [-0.39, 0.29) is 17.5 Å². The lowest BCUT2D eigenvalue weighted by molar-refractivity contribution is 0.0934. The minimum Gasteiger partial charge on any atom is -0.497 e. The molecule has 0 saturated heterocycles. The summed E-state index contributed by atoms with van der Waals surface area (Å²) in [7, 11) is 1.60. The number of rotatable bonds is 4. The molecule has 3 aromatic rings. The Balaban J connectivity index is 1.53. The molecule has 138 valence electrons. The maximum atomic E-state index is 12.8. The summed E-state index contributed by atoms with van der Waals surface area (Å²) >= 11 is 0. The molecular weight excluding hydrogens is 346 g/mol.